The molecule has 1 aromatic carbocycles. The van der Waals surface area contributed by atoms with Gasteiger partial charge < -0.3 is 9.47 Å². The molecule has 2 aromatic rings. The molecule has 2 rings (SSSR count). The van der Waals surface area contributed by atoms with Gasteiger partial charge in [-0.3, -0.25) is 0 Å². The van der Waals surface area contributed by atoms with Crippen LogP contribution in [0.4, 0.5) is 0 Å². The van der Waals surface area contributed by atoms with Crippen molar-refractivity contribution in [1.29, 1.82) is 0 Å². The van der Waals surface area contributed by atoms with E-state index in [-0.39, 0.29) is 0 Å². The molecule has 0 aliphatic carbocycles. The molecule has 0 unspecified atom stereocenters. The van der Waals surface area contributed by atoms with E-state index in [0.717, 1.165) is 34.1 Å². The van der Waals surface area contributed by atoms with E-state index in [4.69, 9.17) is 9.47 Å². The van der Waals surface area contributed by atoms with Crippen molar-refractivity contribution in [1.82, 2.24) is 9.97 Å². The highest BCUT2D eigenvalue weighted by atomic mass is 16.5. The first-order chi connectivity index (χ1) is 8.65. The van der Waals surface area contributed by atoms with Gasteiger partial charge in [0.15, 0.2) is 0 Å². The number of methoxy groups -OCH3 is 2. The molecule has 0 fully saturated rings. The summed E-state index contributed by atoms with van der Waals surface area (Å²) in [5.41, 5.74) is 2.77. The van der Waals surface area contributed by atoms with Gasteiger partial charge in [-0.25, -0.2) is 9.97 Å². The van der Waals surface area contributed by atoms with Gasteiger partial charge in [-0.2, -0.15) is 0 Å². The molecular weight excluding hydrogens is 228 g/mol. The summed E-state index contributed by atoms with van der Waals surface area (Å²) in [5.74, 6) is 2.34. The van der Waals surface area contributed by atoms with Crippen molar-refractivity contribution in [3.8, 4) is 22.8 Å². The smallest absolute Gasteiger partial charge is 0.128 e. The third-order valence-electron chi connectivity index (χ3n) is 2.77. The molecule has 0 aliphatic rings. The molecule has 0 atom stereocenters. The van der Waals surface area contributed by atoms with Crippen LogP contribution in [0.5, 0.6) is 11.5 Å². The number of rotatable bonds is 3. The van der Waals surface area contributed by atoms with Gasteiger partial charge in [0.05, 0.1) is 19.9 Å². The van der Waals surface area contributed by atoms with Crippen LogP contribution in [0.25, 0.3) is 11.3 Å². The number of benzene rings is 1. The van der Waals surface area contributed by atoms with Crippen molar-refractivity contribution < 1.29 is 9.47 Å². The summed E-state index contributed by atoms with van der Waals surface area (Å²) in [6.07, 6.45) is 1.74. The van der Waals surface area contributed by atoms with Crippen molar-refractivity contribution in [2.75, 3.05) is 14.2 Å². The van der Waals surface area contributed by atoms with Gasteiger partial charge in [0.1, 0.15) is 17.3 Å². The molecule has 1 heterocycles. The van der Waals surface area contributed by atoms with Crippen molar-refractivity contribution in [3.05, 3.63) is 35.8 Å². The van der Waals surface area contributed by atoms with Crippen molar-refractivity contribution in [2.24, 2.45) is 0 Å². The Morgan fingerprint density at radius 1 is 1.00 bits per heavy atom. The van der Waals surface area contributed by atoms with Crippen LogP contribution >= 0.6 is 0 Å². The number of aryl methyl sites for hydroxylation is 2. The van der Waals surface area contributed by atoms with Crippen molar-refractivity contribution in [3.63, 3.8) is 0 Å². The molecule has 1 aromatic heterocycles. The van der Waals surface area contributed by atoms with E-state index in [2.05, 4.69) is 9.97 Å². The number of hydrogen-bond donors (Lipinski definition) is 0. The summed E-state index contributed by atoms with van der Waals surface area (Å²) < 4.78 is 10.7. The highest BCUT2D eigenvalue weighted by molar-refractivity contribution is 5.70. The van der Waals surface area contributed by atoms with Gasteiger partial charge in [-0.1, -0.05) is 0 Å². The zero-order valence-corrected chi connectivity index (χ0v) is 11.0. The predicted molar refractivity (Wildman–Crippen MR) is 70.0 cm³/mol. The monoisotopic (exact) mass is 244 g/mol. The summed E-state index contributed by atoms with van der Waals surface area (Å²) in [4.78, 5) is 8.51. The Morgan fingerprint density at radius 3 is 2.33 bits per heavy atom. The number of ether oxygens (including phenoxy) is 2. The van der Waals surface area contributed by atoms with E-state index in [9.17, 15) is 0 Å². The molecule has 18 heavy (non-hydrogen) atoms. The zero-order valence-electron chi connectivity index (χ0n) is 11.0. The van der Waals surface area contributed by atoms with Gasteiger partial charge in [0, 0.05) is 11.8 Å². The first-order valence-corrected chi connectivity index (χ1v) is 5.68. The SMILES string of the molecule is COc1cc(-c2ccnc(C)n2)c(OC)cc1C. The highest BCUT2D eigenvalue weighted by Gasteiger charge is 2.11. The van der Waals surface area contributed by atoms with Crippen LogP contribution in [0.3, 0.4) is 0 Å². The zero-order chi connectivity index (χ0) is 13.1. The molecule has 4 heteroatoms. The molecule has 0 spiro atoms. The van der Waals surface area contributed by atoms with E-state index in [1.807, 2.05) is 32.0 Å². The molecule has 0 saturated heterocycles. The maximum absolute atomic E-state index is 5.40. The average molecular weight is 244 g/mol. The Kier molecular flexibility index (Phi) is 3.46. The van der Waals surface area contributed by atoms with Gasteiger partial charge in [-0.15, -0.1) is 0 Å². The molecule has 0 N–H and O–H groups in total. The lowest BCUT2D eigenvalue weighted by Gasteiger charge is -2.12. The minimum Gasteiger partial charge on any atom is -0.496 e. The van der Waals surface area contributed by atoms with Crippen molar-refractivity contribution >= 4 is 0 Å². The summed E-state index contributed by atoms with van der Waals surface area (Å²) >= 11 is 0. The van der Waals surface area contributed by atoms with Gasteiger partial charge in [0.25, 0.3) is 0 Å². The molecule has 0 amide bonds. The summed E-state index contributed by atoms with van der Waals surface area (Å²) in [7, 11) is 3.31. The standard InChI is InChI=1S/C14H16N2O2/c1-9-7-14(18-4)11(8-13(9)17-3)12-5-6-15-10(2)16-12/h5-8H,1-4H3. The van der Waals surface area contributed by atoms with E-state index in [0.29, 0.717) is 0 Å². The topological polar surface area (TPSA) is 44.2 Å². The Hall–Kier alpha value is -2.10. The molecule has 4 nitrogen and oxygen atoms in total. The van der Waals surface area contributed by atoms with Crippen LogP contribution in [0.2, 0.25) is 0 Å². The van der Waals surface area contributed by atoms with Crippen molar-refractivity contribution in [2.45, 2.75) is 13.8 Å². The van der Waals surface area contributed by atoms with E-state index >= 15 is 0 Å². The average Bonchev–Trinajstić information content (AvgIpc) is 2.38. The molecule has 0 radical (unpaired) electrons. The fourth-order valence-corrected chi connectivity index (χ4v) is 1.86. The van der Waals surface area contributed by atoms with Gasteiger partial charge >= 0.3 is 0 Å². The lowest BCUT2D eigenvalue weighted by atomic mass is 10.1. The minimum absolute atomic E-state index is 0.731. The Labute approximate surface area is 107 Å². The van der Waals surface area contributed by atoms with E-state index < -0.39 is 0 Å². The summed E-state index contributed by atoms with van der Waals surface area (Å²) in [6, 6.07) is 5.75. The summed E-state index contributed by atoms with van der Waals surface area (Å²) in [5, 5.41) is 0. The predicted octanol–water partition coefficient (Wildman–Crippen LogP) is 2.78. The third kappa shape index (κ3) is 2.27. The Bertz CT molecular complexity index is 568. The first kappa shape index (κ1) is 12.4. The Morgan fingerprint density at radius 2 is 1.72 bits per heavy atom. The molecule has 94 valence electrons. The largest absolute Gasteiger partial charge is 0.496 e. The molecule has 0 bridgehead atoms. The summed E-state index contributed by atoms with van der Waals surface area (Å²) in [6.45, 7) is 3.84. The number of hydrogen-bond acceptors (Lipinski definition) is 4. The van der Waals surface area contributed by atoms with Gasteiger partial charge in [0.2, 0.25) is 0 Å². The van der Waals surface area contributed by atoms with Crippen LogP contribution in [0.15, 0.2) is 24.4 Å². The lowest BCUT2D eigenvalue weighted by molar-refractivity contribution is 0.401. The van der Waals surface area contributed by atoms with Crippen LogP contribution < -0.4 is 9.47 Å². The lowest BCUT2D eigenvalue weighted by Crippen LogP contribution is -1.96. The number of aromatic nitrogens is 2. The fraction of sp³-hybridized carbons (Fsp3) is 0.286. The van der Waals surface area contributed by atoms with Crippen LogP contribution in [-0.2, 0) is 0 Å². The fourth-order valence-electron chi connectivity index (χ4n) is 1.86. The second kappa shape index (κ2) is 5.04. The first-order valence-electron chi connectivity index (χ1n) is 5.68. The van der Waals surface area contributed by atoms with Crippen LogP contribution in [0, 0.1) is 13.8 Å². The Balaban J connectivity index is 2.61. The highest BCUT2D eigenvalue weighted by Crippen LogP contribution is 2.34. The van der Waals surface area contributed by atoms with Gasteiger partial charge in [-0.05, 0) is 37.6 Å². The minimum atomic E-state index is 0.731. The second-order valence-corrected chi connectivity index (χ2v) is 4.01. The maximum atomic E-state index is 5.40. The maximum Gasteiger partial charge on any atom is 0.128 e. The van der Waals surface area contributed by atoms with E-state index in [1.54, 1.807) is 20.4 Å². The molecular formula is C14H16N2O2. The number of nitrogens with zero attached hydrogens (tertiary/aromatic N) is 2. The third-order valence-corrected chi connectivity index (χ3v) is 2.77. The quantitative estimate of drug-likeness (QED) is 0.832. The van der Waals surface area contributed by atoms with Crippen LogP contribution in [-0.4, -0.2) is 24.2 Å². The molecule has 0 aliphatic heterocycles. The van der Waals surface area contributed by atoms with Crippen LogP contribution in [0.1, 0.15) is 11.4 Å². The second-order valence-electron chi connectivity index (χ2n) is 4.01. The normalized spacial score (nSPS) is 10.2. The van der Waals surface area contributed by atoms with E-state index in [1.165, 1.54) is 0 Å². The molecule has 0 saturated carbocycles.